The molecular formula is C19H15F3N2O6S3. The zero-order chi connectivity index (χ0) is 24.4. The van der Waals surface area contributed by atoms with E-state index < -0.39 is 26.4 Å². The number of benzene rings is 1. The van der Waals surface area contributed by atoms with Gasteiger partial charge in [-0.25, -0.2) is 23.2 Å². The third-order valence-corrected chi connectivity index (χ3v) is 7.74. The van der Waals surface area contributed by atoms with E-state index in [9.17, 15) is 31.2 Å². The standard InChI is InChI=1S/C19H15F3N2O6S3/c1-10-17(32-16(23-10)8-30-18(26)27)14-9-31-15(24-14)7-12(25)6-11-2-4-13(5-3-11)33(28,29)19(20,21)22/h2-5,9H,6-8H2,1H3,(H,26,27). The number of hydrogen-bond donors (Lipinski definition) is 1. The van der Waals surface area contributed by atoms with Crippen LogP contribution >= 0.6 is 22.7 Å². The van der Waals surface area contributed by atoms with Crippen LogP contribution in [0.25, 0.3) is 10.6 Å². The Morgan fingerprint density at radius 2 is 1.76 bits per heavy atom. The third-order valence-electron chi connectivity index (χ3n) is 4.23. The van der Waals surface area contributed by atoms with E-state index in [0.29, 0.717) is 27.0 Å². The van der Waals surface area contributed by atoms with Crippen molar-refractivity contribution in [1.82, 2.24) is 9.97 Å². The Labute approximate surface area is 193 Å². The Hall–Kier alpha value is -2.84. The van der Waals surface area contributed by atoms with Crippen LogP contribution in [0.2, 0.25) is 0 Å². The monoisotopic (exact) mass is 520 g/mol. The summed E-state index contributed by atoms with van der Waals surface area (Å²) in [7, 11) is -5.44. The number of carbonyl (C=O) groups is 2. The van der Waals surface area contributed by atoms with E-state index in [1.54, 1.807) is 12.3 Å². The van der Waals surface area contributed by atoms with Crippen molar-refractivity contribution in [3.63, 3.8) is 0 Å². The number of ketones is 1. The molecule has 33 heavy (non-hydrogen) atoms. The smallest absolute Gasteiger partial charge is 0.450 e. The molecule has 0 saturated heterocycles. The van der Waals surface area contributed by atoms with Crippen LogP contribution in [0.5, 0.6) is 0 Å². The molecular weight excluding hydrogens is 505 g/mol. The van der Waals surface area contributed by atoms with Gasteiger partial charge in [0, 0.05) is 11.8 Å². The molecule has 3 rings (SSSR count). The summed E-state index contributed by atoms with van der Waals surface area (Å²) in [6.45, 7) is 1.56. The van der Waals surface area contributed by atoms with Crippen LogP contribution in [-0.2, 0) is 38.8 Å². The van der Waals surface area contributed by atoms with Crippen molar-refractivity contribution in [3.05, 3.63) is 50.9 Å². The van der Waals surface area contributed by atoms with E-state index in [0.717, 1.165) is 17.0 Å². The second-order valence-corrected chi connectivity index (χ2v) is 10.7. The Bertz CT molecular complexity index is 1280. The van der Waals surface area contributed by atoms with E-state index in [4.69, 9.17) is 5.11 Å². The highest BCUT2D eigenvalue weighted by atomic mass is 32.2. The summed E-state index contributed by atoms with van der Waals surface area (Å²) in [5, 5.41) is 11.3. The molecule has 14 heteroatoms. The van der Waals surface area contributed by atoms with Gasteiger partial charge in [-0.15, -0.1) is 22.7 Å². The first-order chi connectivity index (χ1) is 15.4. The SMILES string of the molecule is Cc1nc(COC(=O)O)sc1-c1csc(CC(=O)Cc2ccc(S(=O)(=O)C(F)(F)F)cc2)n1. The van der Waals surface area contributed by atoms with E-state index in [-0.39, 0.29) is 25.2 Å². The van der Waals surface area contributed by atoms with Crippen molar-refractivity contribution >= 4 is 44.4 Å². The molecule has 2 heterocycles. The van der Waals surface area contributed by atoms with Gasteiger partial charge in [-0.1, -0.05) is 12.1 Å². The Morgan fingerprint density at radius 3 is 2.36 bits per heavy atom. The lowest BCUT2D eigenvalue weighted by molar-refractivity contribution is -0.117. The molecule has 3 aromatic rings. The van der Waals surface area contributed by atoms with Crippen molar-refractivity contribution in [3.8, 4) is 10.6 Å². The first kappa shape index (κ1) is 24.8. The maximum absolute atomic E-state index is 12.6. The molecule has 0 unspecified atom stereocenters. The summed E-state index contributed by atoms with van der Waals surface area (Å²) in [5.41, 5.74) is -3.80. The minimum absolute atomic E-state index is 0.0138. The van der Waals surface area contributed by atoms with E-state index in [1.165, 1.54) is 34.8 Å². The number of sulfone groups is 1. The van der Waals surface area contributed by atoms with Gasteiger partial charge in [0.05, 0.1) is 27.6 Å². The van der Waals surface area contributed by atoms with Crippen LogP contribution in [0.1, 0.15) is 21.3 Å². The number of thiazole rings is 2. The Morgan fingerprint density at radius 1 is 1.09 bits per heavy atom. The lowest BCUT2D eigenvalue weighted by Crippen LogP contribution is -2.23. The number of carboxylic acid groups (broad SMARTS) is 1. The number of aryl methyl sites for hydroxylation is 1. The van der Waals surface area contributed by atoms with Gasteiger partial charge in [-0.3, -0.25) is 4.79 Å². The Kier molecular flexibility index (Phi) is 7.19. The molecule has 0 aliphatic carbocycles. The van der Waals surface area contributed by atoms with Crippen molar-refractivity contribution in [2.24, 2.45) is 0 Å². The molecule has 0 bridgehead atoms. The van der Waals surface area contributed by atoms with Gasteiger partial charge in [0.1, 0.15) is 22.4 Å². The van der Waals surface area contributed by atoms with Crippen LogP contribution < -0.4 is 0 Å². The first-order valence-electron chi connectivity index (χ1n) is 9.05. The number of halogens is 3. The summed E-state index contributed by atoms with van der Waals surface area (Å²) < 4.78 is 65.1. The van der Waals surface area contributed by atoms with E-state index in [2.05, 4.69) is 14.7 Å². The maximum Gasteiger partial charge on any atom is 0.506 e. The molecule has 1 N–H and O–H groups in total. The molecule has 0 amide bonds. The average molecular weight is 521 g/mol. The predicted octanol–water partition coefficient (Wildman–Crippen LogP) is 4.42. The molecule has 0 aliphatic rings. The molecule has 176 valence electrons. The second-order valence-electron chi connectivity index (χ2n) is 6.69. The zero-order valence-electron chi connectivity index (χ0n) is 16.7. The second kappa shape index (κ2) is 9.57. The molecule has 8 nitrogen and oxygen atoms in total. The van der Waals surface area contributed by atoms with E-state index in [1.807, 2.05) is 0 Å². The molecule has 0 aliphatic heterocycles. The molecule has 0 fully saturated rings. The largest absolute Gasteiger partial charge is 0.506 e. The van der Waals surface area contributed by atoms with Crippen LogP contribution in [0.3, 0.4) is 0 Å². The quantitative estimate of drug-likeness (QED) is 0.433. The molecule has 0 saturated carbocycles. The van der Waals surface area contributed by atoms with Gasteiger partial charge in [0.15, 0.2) is 0 Å². The van der Waals surface area contributed by atoms with Crippen LogP contribution in [0.15, 0.2) is 34.5 Å². The lowest BCUT2D eigenvalue weighted by Gasteiger charge is -2.08. The van der Waals surface area contributed by atoms with Crippen molar-refractivity contribution < 1.29 is 41.0 Å². The summed E-state index contributed by atoms with van der Waals surface area (Å²) in [4.78, 5) is 31.4. The lowest BCUT2D eigenvalue weighted by atomic mass is 10.1. The van der Waals surface area contributed by atoms with E-state index >= 15 is 0 Å². The maximum atomic E-state index is 12.6. The highest BCUT2D eigenvalue weighted by Gasteiger charge is 2.46. The van der Waals surface area contributed by atoms with Crippen molar-refractivity contribution in [2.75, 3.05) is 0 Å². The number of hydrogen-bond acceptors (Lipinski definition) is 9. The topological polar surface area (TPSA) is 124 Å². The summed E-state index contributed by atoms with van der Waals surface area (Å²) in [6.07, 6.45) is -1.52. The fourth-order valence-corrected chi connectivity index (χ4v) is 5.34. The summed E-state index contributed by atoms with van der Waals surface area (Å²) >= 11 is 2.47. The number of nitrogens with zero attached hydrogens (tertiary/aromatic N) is 2. The number of aromatic nitrogens is 2. The van der Waals surface area contributed by atoms with Crippen LogP contribution in [-0.4, -0.2) is 40.9 Å². The Balaban J connectivity index is 1.64. The van der Waals surface area contributed by atoms with Crippen molar-refractivity contribution in [2.45, 2.75) is 36.8 Å². The highest BCUT2D eigenvalue weighted by Crippen LogP contribution is 2.32. The third kappa shape index (κ3) is 5.94. The number of ether oxygens (including phenoxy) is 1. The van der Waals surface area contributed by atoms with Crippen LogP contribution in [0.4, 0.5) is 18.0 Å². The summed E-state index contributed by atoms with van der Waals surface area (Å²) in [5.74, 6) is -0.251. The molecule has 2 aromatic heterocycles. The average Bonchev–Trinajstić information content (AvgIpc) is 3.32. The molecule has 0 spiro atoms. The summed E-state index contributed by atoms with van der Waals surface area (Å²) in [6, 6.07) is 3.99. The van der Waals surface area contributed by atoms with Gasteiger partial charge in [-0.05, 0) is 24.6 Å². The normalized spacial score (nSPS) is 12.0. The highest BCUT2D eigenvalue weighted by molar-refractivity contribution is 7.92. The number of alkyl halides is 3. The van der Waals surface area contributed by atoms with Gasteiger partial charge in [0.2, 0.25) is 0 Å². The van der Waals surface area contributed by atoms with Crippen LogP contribution in [0, 0.1) is 6.92 Å². The molecule has 0 atom stereocenters. The molecule has 1 aromatic carbocycles. The van der Waals surface area contributed by atoms with Gasteiger partial charge in [-0.2, -0.15) is 13.2 Å². The van der Waals surface area contributed by atoms with Gasteiger partial charge >= 0.3 is 11.7 Å². The number of rotatable bonds is 8. The minimum atomic E-state index is -5.44. The molecule has 0 radical (unpaired) electrons. The zero-order valence-corrected chi connectivity index (χ0v) is 19.2. The van der Waals surface area contributed by atoms with Gasteiger partial charge in [0.25, 0.3) is 9.84 Å². The minimum Gasteiger partial charge on any atom is -0.450 e. The van der Waals surface area contributed by atoms with Gasteiger partial charge < -0.3 is 9.84 Å². The number of carbonyl (C=O) groups excluding carboxylic acids is 1. The van der Waals surface area contributed by atoms with Crippen molar-refractivity contribution in [1.29, 1.82) is 0 Å². The predicted molar refractivity (Wildman–Crippen MR) is 113 cm³/mol. The fraction of sp³-hybridized carbons (Fsp3) is 0.263. The first-order valence-corrected chi connectivity index (χ1v) is 12.2. The number of Topliss-reactive ketones (excluding diaryl/α,β-unsaturated/α-hetero) is 1. The fourth-order valence-electron chi connectivity index (χ4n) is 2.75.